The van der Waals surface area contributed by atoms with Crippen LogP contribution in [0.25, 0.3) is 16.8 Å². The second kappa shape index (κ2) is 9.91. The summed E-state index contributed by atoms with van der Waals surface area (Å²) in [5, 5.41) is 23.0. The molecule has 158 valence electrons. The van der Waals surface area contributed by atoms with Crippen molar-refractivity contribution in [2.75, 3.05) is 19.6 Å². The summed E-state index contributed by atoms with van der Waals surface area (Å²) in [5.41, 5.74) is 4.77. The van der Waals surface area contributed by atoms with Crippen molar-refractivity contribution in [1.29, 1.82) is 5.26 Å². The first-order valence-corrected chi connectivity index (χ1v) is 11.7. The lowest BCUT2D eigenvalue weighted by molar-refractivity contribution is -0.902. The molecule has 1 aromatic heterocycles. The fourth-order valence-electron chi connectivity index (χ4n) is 4.22. The number of aliphatic hydroxyl groups is 1. The molecule has 31 heavy (non-hydrogen) atoms. The van der Waals surface area contributed by atoms with E-state index >= 15 is 0 Å². The number of nitrogens with zero attached hydrogens (tertiary/aromatic N) is 2. The summed E-state index contributed by atoms with van der Waals surface area (Å²) in [6.45, 7) is 4.58. The first-order chi connectivity index (χ1) is 15.1. The van der Waals surface area contributed by atoms with Crippen LogP contribution in [0.3, 0.4) is 0 Å². The molecule has 4 rings (SSSR count). The van der Waals surface area contributed by atoms with Crippen LogP contribution in [0.4, 0.5) is 0 Å². The van der Waals surface area contributed by atoms with Crippen LogP contribution < -0.4 is 4.90 Å². The van der Waals surface area contributed by atoms with Gasteiger partial charge in [-0.1, -0.05) is 60.2 Å². The zero-order valence-corrected chi connectivity index (χ0v) is 18.7. The number of hydrogen-bond donors (Lipinski definition) is 2. The fourth-order valence-corrected chi connectivity index (χ4v) is 5.07. The molecular weight excluding hydrogens is 402 g/mol. The van der Waals surface area contributed by atoms with E-state index in [4.69, 9.17) is 0 Å². The Kier molecular flexibility index (Phi) is 6.81. The van der Waals surface area contributed by atoms with Gasteiger partial charge < -0.3 is 10.0 Å². The molecule has 0 spiro atoms. The van der Waals surface area contributed by atoms with E-state index in [0.717, 1.165) is 43.6 Å². The van der Waals surface area contributed by atoms with E-state index in [0.29, 0.717) is 23.0 Å². The van der Waals surface area contributed by atoms with Crippen LogP contribution in [-0.2, 0) is 6.42 Å². The van der Waals surface area contributed by atoms with Crippen molar-refractivity contribution in [1.82, 2.24) is 4.98 Å². The molecule has 2 N–H and O–H groups in total. The van der Waals surface area contributed by atoms with Gasteiger partial charge in [0.25, 0.3) is 0 Å². The molecule has 0 saturated carbocycles. The topological polar surface area (TPSA) is 61.3 Å². The van der Waals surface area contributed by atoms with Crippen molar-refractivity contribution in [3.63, 3.8) is 0 Å². The van der Waals surface area contributed by atoms with E-state index in [9.17, 15) is 10.4 Å². The maximum absolute atomic E-state index is 10.7. The largest absolute Gasteiger partial charge is 0.506 e. The van der Waals surface area contributed by atoms with Crippen molar-refractivity contribution < 1.29 is 10.0 Å². The average molecular weight is 431 g/mol. The van der Waals surface area contributed by atoms with Gasteiger partial charge in [0.2, 0.25) is 0 Å². The van der Waals surface area contributed by atoms with Crippen LogP contribution in [0.2, 0.25) is 0 Å². The number of nitriles is 1. The van der Waals surface area contributed by atoms with Gasteiger partial charge in [-0.25, -0.2) is 4.98 Å². The van der Waals surface area contributed by atoms with Crippen LogP contribution >= 0.6 is 11.3 Å². The smallest absolute Gasteiger partial charge is 0.168 e. The Morgan fingerprint density at radius 3 is 2.52 bits per heavy atom. The molecule has 1 saturated heterocycles. The third-order valence-corrected chi connectivity index (χ3v) is 6.92. The summed E-state index contributed by atoms with van der Waals surface area (Å²) in [7, 11) is 0. The molecule has 0 radical (unpaired) electrons. The van der Waals surface area contributed by atoms with Crippen molar-refractivity contribution in [2.45, 2.75) is 26.2 Å². The molecule has 5 heteroatoms. The first-order valence-electron chi connectivity index (χ1n) is 10.8. The fraction of sp³-hybridized carbons (Fsp3) is 0.308. The Morgan fingerprint density at radius 2 is 1.84 bits per heavy atom. The summed E-state index contributed by atoms with van der Waals surface area (Å²) >= 11 is 1.41. The summed E-state index contributed by atoms with van der Waals surface area (Å²) in [5.74, 6) is 0.854. The third-order valence-electron chi connectivity index (χ3n) is 6.06. The van der Waals surface area contributed by atoms with Crippen LogP contribution in [-0.4, -0.2) is 29.7 Å². The summed E-state index contributed by atoms with van der Waals surface area (Å²) in [6, 6.07) is 21.0. The molecule has 0 bridgehead atoms. The number of aromatic nitrogens is 1. The monoisotopic (exact) mass is 430 g/mol. The number of piperidine rings is 1. The summed E-state index contributed by atoms with van der Waals surface area (Å²) in [4.78, 5) is 5.96. The molecule has 1 aliphatic heterocycles. The number of aliphatic hydroxyl groups excluding tert-OH is 1. The van der Waals surface area contributed by atoms with Crippen LogP contribution in [0.5, 0.6) is 0 Å². The highest BCUT2D eigenvalue weighted by molar-refractivity contribution is 7.11. The molecule has 0 unspecified atom stereocenters. The van der Waals surface area contributed by atoms with E-state index in [1.807, 2.05) is 17.5 Å². The lowest BCUT2D eigenvalue weighted by Crippen LogP contribution is -3.13. The number of thiazole rings is 1. The Bertz CT molecular complexity index is 1070. The molecule has 0 amide bonds. The number of hydrogen-bond acceptors (Lipinski definition) is 4. The Balaban J connectivity index is 1.38. The van der Waals surface area contributed by atoms with Gasteiger partial charge in [0, 0.05) is 10.9 Å². The Hall–Kier alpha value is -2.94. The Labute approximate surface area is 188 Å². The maximum atomic E-state index is 10.7. The highest BCUT2D eigenvalue weighted by atomic mass is 32.1. The lowest BCUT2D eigenvalue weighted by Gasteiger charge is -2.29. The minimum Gasteiger partial charge on any atom is -0.506 e. The molecule has 2 aromatic carbocycles. The van der Waals surface area contributed by atoms with E-state index in [-0.39, 0.29) is 5.76 Å². The van der Waals surface area contributed by atoms with Crippen molar-refractivity contribution >= 4 is 16.9 Å². The van der Waals surface area contributed by atoms with Crippen molar-refractivity contribution in [3.05, 3.63) is 81.9 Å². The zero-order chi connectivity index (χ0) is 21.6. The average Bonchev–Trinajstić information content (AvgIpc) is 3.26. The normalized spacial score (nSPS) is 19.5. The number of likely N-dealkylation sites (tertiary alicyclic amines) is 1. The predicted molar refractivity (Wildman–Crippen MR) is 126 cm³/mol. The van der Waals surface area contributed by atoms with Gasteiger partial charge in [-0.2, -0.15) is 5.26 Å². The summed E-state index contributed by atoms with van der Waals surface area (Å²) in [6.07, 6.45) is 3.42. The minimum atomic E-state index is 0.156. The quantitative estimate of drug-likeness (QED) is 0.449. The van der Waals surface area contributed by atoms with Gasteiger partial charge in [0.05, 0.1) is 18.8 Å². The van der Waals surface area contributed by atoms with Crippen molar-refractivity contribution in [3.8, 4) is 17.3 Å². The molecule has 0 aliphatic carbocycles. The molecule has 0 atom stereocenters. The van der Waals surface area contributed by atoms with Gasteiger partial charge in [0.1, 0.15) is 23.2 Å². The van der Waals surface area contributed by atoms with Crippen LogP contribution in [0, 0.1) is 24.2 Å². The molecule has 4 nitrogen and oxygen atoms in total. The van der Waals surface area contributed by atoms with E-state index in [2.05, 4.69) is 60.4 Å². The number of nitrogens with one attached hydrogen (secondary N) is 1. The van der Waals surface area contributed by atoms with Gasteiger partial charge in [-0.3, -0.25) is 0 Å². The van der Waals surface area contributed by atoms with E-state index in [1.54, 1.807) is 0 Å². The van der Waals surface area contributed by atoms with E-state index in [1.165, 1.54) is 27.4 Å². The highest BCUT2D eigenvalue weighted by Crippen LogP contribution is 2.27. The lowest BCUT2D eigenvalue weighted by atomic mass is 9.90. The van der Waals surface area contributed by atoms with Gasteiger partial charge in [-0.05, 0) is 37.7 Å². The number of rotatable bonds is 6. The number of quaternary nitrogens is 1. The SMILES string of the molecule is Cc1ccc(-c2csc(/C(C#N)=C(\O)C[NH+]3CCC(Cc4ccccc4)CC3)n2)cc1. The second-order valence-corrected chi connectivity index (χ2v) is 9.26. The maximum Gasteiger partial charge on any atom is 0.168 e. The number of aryl methyl sites for hydroxylation is 1. The molecule has 2 heterocycles. The molecule has 1 fully saturated rings. The molecule has 3 aromatic rings. The predicted octanol–water partition coefficient (Wildman–Crippen LogP) is 4.45. The summed E-state index contributed by atoms with van der Waals surface area (Å²) < 4.78 is 0. The standard InChI is InChI=1S/C26H27N3OS/c1-19-7-9-22(10-8-19)24-18-31-26(28-24)23(16-27)25(30)17-29-13-11-21(12-14-29)15-20-5-3-2-4-6-20/h2-10,18,21,30H,11-15,17H2,1H3/p+1/b25-23-. The molecule has 1 aliphatic rings. The van der Waals surface area contributed by atoms with Gasteiger partial charge in [0.15, 0.2) is 5.76 Å². The van der Waals surface area contributed by atoms with Crippen molar-refractivity contribution in [2.24, 2.45) is 5.92 Å². The number of allylic oxidation sites excluding steroid dienone is 1. The molecular formula is C26H28N3OS+. The van der Waals surface area contributed by atoms with Gasteiger partial charge in [-0.15, -0.1) is 11.3 Å². The third kappa shape index (κ3) is 5.41. The Morgan fingerprint density at radius 1 is 1.13 bits per heavy atom. The van der Waals surface area contributed by atoms with Gasteiger partial charge >= 0.3 is 0 Å². The minimum absolute atomic E-state index is 0.156. The van der Waals surface area contributed by atoms with Crippen LogP contribution in [0.15, 0.2) is 65.7 Å². The highest BCUT2D eigenvalue weighted by Gasteiger charge is 2.25. The van der Waals surface area contributed by atoms with E-state index < -0.39 is 0 Å². The first kappa shape index (κ1) is 21.3. The second-order valence-electron chi connectivity index (χ2n) is 8.40. The van der Waals surface area contributed by atoms with Crippen LogP contribution in [0.1, 0.15) is 29.0 Å². The number of benzene rings is 2. The zero-order valence-electron chi connectivity index (χ0n) is 17.8.